The highest BCUT2D eigenvalue weighted by Gasteiger charge is 2.56. The topological polar surface area (TPSA) is 60.8 Å². The van der Waals surface area contributed by atoms with Crippen molar-refractivity contribution in [3.63, 3.8) is 0 Å². The second-order valence-corrected chi connectivity index (χ2v) is 12.4. The van der Waals surface area contributed by atoms with Gasteiger partial charge in [-0.2, -0.15) is 0 Å². The number of hydrogen-bond donors (Lipinski definition) is 0. The lowest BCUT2D eigenvalue weighted by molar-refractivity contribution is -0.153. The van der Waals surface area contributed by atoms with Crippen LogP contribution in [0.4, 0.5) is 4.79 Å². The van der Waals surface area contributed by atoms with Crippen LogP contribution in [0.5, 0.6) is 0 Å². The van der Waals surface area contributed by atoms with E-state index in [9.17, 15) is 9.59 Å². The highest BCUT2D eigenvalue weighted by Crippen LogP contribution is 2.58. The van der Waals surface area contributed by atoms with Crippen molar-refractivity contribution in [2.75, 3.05) is 0 Å². The summed E-state index contributed by atoms with van der Waals surface area (Å²) in [5.41, 5.74) is 6.31. The molecule has 0 amide bonds. The molecule has 0 saturated carbocycles. The third kappa shape index (κ3) is 4.45. The third-order valence-corrected chi connectivity index (χ3v) is 8.54. The van der Waals surface area contributed by atoms with E-state index in [4.69, 9.17) is 9.47 Å². The number of benzene rings is 4. The van der Waals surface area contributed by atoms with Gasteiger partial charge in [-0.15, -0.1) is 0 Å². The summed E-state index contributed by atoms with van der Waals surface area (Å²) in [6.45, 7) is 6.02. The van der Waals surface area contributed by atoms with E-state index in [1.807, 2.05) is 75.4 Å². The van der Waals surface area contributed by atoms with Crippen molar-refractivity contribution in [1.82, 2.24) is 9.47 Å². The number of aromatic nitrogens is 1. The second-order valence-electron chi connectivity index (χ2n) is 12.4. The van der Waals surface area contributed by atoms with Gasteiger partial charge in [-0.1, -0.05) is 109 Å². The van der Waals surface area contributed by atoms with Gasteiger partial charge in [0, 0.05) is 24.0 Å². The average Bonchev–Trinajstić information content (AvgIpc) is 3.69. The molecule has 0 spiro atoms. The monoisotopic (exact) mass is 582 g/mol. The maximum atomic E-state index is 14.4. The van der Waals surface area contributed by atoms with Gasteiger partial charge in [-0.3, -0.25) is 9.47 Å². The number of ether oxygens (including phenoxy) is 2. The molecule has 1 aliphatic carbocycles. The Morgan fingerprint density at radius 1 is 0.773 bits per heavy atom. The molecular weight excluding hydrogens is 548 g/mol. The molecular formula is C38H34N2O4. The molecule has 0 fully saturated rings. The second kappa shape index (κ2) is 10.6. The predicted molar refractivity (Wildman–Crippen MR) is 169 cm³/mol. The molecule has 0 radical (unpaired) electrons. The number of hydrogen-bond acceptors (Lipinski definition) is 5. The fraction of sp³-hybridized carbons (Fsp3) is 0.211. The smallest absolute Gasteiger partial charge is 0.418 e. The van der Waals surface area contributed by atoms with Gasteiger partial charge in [0.05, 0.1) is 5.54 Å². The summed E-state index contributed by atoms with van der Waals surface area (Å²) in [6.07, 6.45) is 1.23. The zero-order valence-corrected chi connectivity index (χ0v) is 25.1. The number of carbonyl (C=O) groups excluding carboxylic acids is 2. The molecule has 1 aliphatic heterocycles. The molecule has 0 saturated heterocycles. The first-order valence-electron chi connectivity index (χ1n) is 14.9. The van der Waals surface area contributed by atoms with Gasteiger partial charge in [0.15, 0.2) is 0 Å². The Hall–Kier alpha value is -4.94. The van der Waals surface area contributed by atoms with Gasteiger partial charge in [0.2, 0.25) is 0 Å². The lowest BCUT2D eigenvalue weighted by Crippen LogP contribution is -2.48. The molecule has 2 heterocycles. The van der Waals surface area contributed by atoms with E-state index in [-0.39, 0.29) is 12.6 Å². The Labute approximate surface area is 257 Å². The lowest BCUT2D eigenvalue weighted by atomic mass is 9.78. The van der Waals surface area contributed by atoms with Gasteiger partial charge in [0.25, 0.3) is 0 Å². The molecule has 6 nitrogen and oxygen atoms in total. The van der Waals surface area contributed by atoms with Crippen LogP contribution in [-0.2, 0) is 33.0 Å². The molecule has 1 aromatic heterocycles. The van der Waals surface area contributed by atoms with Gasteiger partial charge < -0.3 is 9.47 Å². The van der Waals surface area contributed by atoms with E-state index < -0.39 is 23.3 Å². The van der Waals surface area contributed by atoms with Crippen molar-refractivity contribution >= 4 is 12.1 Å². The molecule has 5 aromatic rings. The van der Waals surface area contributed by atoms with E-state index in [1.165, 1.54) is 0 Å². The van der Waals surface area contributed by atoms with E-state index in [0.717, 1.165) is 44.6 Å². The first-order chi connectivity index (χ1) is 21.3. The minimum absolute atomic E-state index is 0.150. The molecule has 4 aromatic carbocycles. The van der Waals surface area contributed by atoms with Crippen molar-refractivity contribution in [2.24, 2.45) is 0 Å². The summed E-state index contributed by atoms with van der Waals surface area (Å²) >= 11 is 0. The average molecular weight is 583 g/mol. The molecule has 44 heavy (non-hydrogen) atoms. The third-order valence-electron chi connectivity index (χ3n) is 8.54. The Bertz CT molecular complexity index is 1810. The Kier molecular flexibility index (Phi) is 6.74. The van der Waals surface area contributed by atoms with Crippen LogP contribution >= 0.6 is 0 Å². The zero-order chi connectivity index (χ0) is 30.5. The minimum atomic E-state index is -0.831. The predicted octanol–water partition coefficient (Wildman–Crippen LogP) is 7.84. The van der Waals surface area contributed by atoms with Crippen LogP contribution < -0.4 is 0 Å². The van der Waals surface area contributed by atoms with E-state index in [2.05, 4.69) is 65.6 Å². The van der Waals surface area contributed by atoms with Crippen LogP contribution in [0.2, 0.25) is 0 Å². The van der Waals surface area contributed by atoms with Crippen molar-refractivity contribution in [2.45, 2.75) is 51.1 Å². The van der Waals surface area contributed by atoms with Crippen LogP contribution in [0.15, 0.2) is 121 Å². The molecule has 0 N–H and O–H groups in total. The van der Waals surface area contributed by atoms with Gasteiger partial charge >= 0.3 is 12.1 Å². The number of nitrogens with zero attached hydrogens (tertiary/aromatic N) is 2. The first-order valence-corrected chi connectivity index (χ1v) is 14.9. The normalized spacial score (nSPS) is 16.6. The maximum absolute atomic E-state index is 14.4. The fourth-order valence-electron chi connectivity index (χ4n) is 6.85. The standard InChI is InChI=1S/C38H34N2O4/c1-37(2,3)44-36(42)39-23-22-30-33(39)24-40(34(30)35(41)43-25-26-14-6-4-7-15-26)38(27-16-8-5-9-17-27)31-20-12-10-18-28(31)29-19-11-13-21-32(29)38/h4-23,34H,24-25H2,1-3H3/t34-/m0/s1. The minimum Gasteiger partial charge on any atom is -0.459 e. The number of esters is 1. The highest BCUT2D eigenvalue weighted by molar-refractivity contribution is 5.86. The Morgan fingerprint density at radius 2 is 1.34 bits per heavy atom. The number of fused-ring (bicyclic) bond motifs is 4. The SMILES string of the molecule is CC(C)(C)OC(=O)n1ccc2c1CN(C1(c3ccccc3)c3ccccc3-c3ccccc31)[C@@H]2C(=O)OCc1ccccc1. The molecule has 1 atom stereocenters. The quantitative estimate of drug-likeness (QED) is 0.198. The van der Waals surface area contributed by atoms with E-state index in [1.54, 1.807) is 10.8 Å². The van der Waals surface area contributed by atoms with Crippen LogP contribution in [-0.4, -0.2) is 27.1 Å². The molecule has 220 valence electrons. The van der Waals surface area contributed by atoms with Gasteiger partial charge in [-0.25, -0.2) is 9.59 Å². The number of carbonyl (C=O) groups is 2. The van der Waals surface area contributed by atoms with Crippen molar-refractivity contribution in [3.8, 4) is 11.1 Å². The summed E-state index contributed by atoms with van der Waals surface area (Å²) in [7, 11) is 0. The van der Waals surface area contributed by atoms with Crippen molar-refractivity contribution < 1.29 is 19.1 Å². The van der Waals surface area contributed by atoms with Crippen molar-refractivity contribution in [1.29, 1.82) is 0 Å². The summed E-state index contributed by atoms with van der Waals surface area (Å²) in [5.74, 6) is -0.369. The van der Waals surface area contributed by atoms with Crippen molar-refractivity contribution in [3.05, 3.63) is 155 Å². The lowest BCUT2D eigenvalue weighted by Gasteiger charge is -2.44. The first kappa shape index (κ1) is 27.9. The zero-order valence-electron chi connectivity index (χ0n) is 25.1. The maximum Gasteiger partial charge on any atom is 0.418 e. The molecule has 2 aliphatic rings. The fourth-order valence-corrected chi connectivity index (χ4v) is 6.85. The van der Waals surface area contributed by atoms with E-state index >= 15 is 0 Å². The number of rotatable bonds is 5. The van der Waals surface area contributed by atoms with E-state index in [0.29, 0.717) is 6.54 Å². The molecule has 0 bridgehead atoms. The molecule has 7 rings (SSSR count). The highest BCUT2D eigenvalue weighted by atomic mass is 16.6. The van der Waals surface area contributed by atoms with Crippen LogP contribution in [0.25, 0.3) is 11.1 Å². The largest absolute Gasteiger partial charge is 0.459 e. The Balaban J connectivity index is 1.43. The van der Waals surface area contributed by atoms with Crippen LogP contribution in [0.3, 0.4) is 0 Å². The van der Waals surface area contributed by atoms with Gasteiger partial charge in [-0.05, 0) is 60.2 Å². The van der Waals surface area contributed by atoms with Crippen LogP contribution in [0, 0.1) is 0 Å². The molecule has 0 unspecified atom stereocenters. The summed E-state index contributed by atoms with van der Waals surface area (Å²) in [5, 5.41) is 0. The molecule has 6 heteroatoms. The van der Waals surface area contributed by atoms with Crippen LogP contribution in [0.1, 0.15) is 60.3 Å². The van der Waals surface area contributed by atoms with Gasteiger partial charge in [0.1, 0.15) is 18.2 Å². The summed E-state index contributed by atoms with van der Waals surface area (Å²) in [6, 6.07) is 37.9. The summed E-state index contributed by atoms with van der Waals surface area (Å²) in [4.78, 5) is 30.0. The summed E-state index contributed by atoms with van der Waals surface area (Å²) < 4.78 is 13.4. The Morgan fingerprint density at radius 3 is 1.95 bits per heavy atom.